The Hall–Kier alpha value is -2.20. The predicted octanol–water partition coefficient (Wildman–Crippen LogP) is 1.05. The number of nitro groups is 1. The number of hydrogen-bond donors (Lipinski definition) is 1. The second-order valence-corrected chi connectivity index (χ2v) is 4.45. The molecule has 1 aromatic heterocycles. The van der Waals surface area contributed by atoms with Gasteiger partial charge in [0.1, 0.15) is 11.6 Å². The third-order valence-corrected chi connectivity index (χ3v) is 3.30. The Morgan fingerprint density at radius 3 is 3.16 bits per heavy atom. The van der Waals surface area contributed by atoms with E-state index in [1.807, 2.05) is 18.0 Å². The summed E-state index contributed by atoms with van der Waals surface area (Å²) in [7, 11) is 1.85. The molecule has 0 amide bonds. The van der Waals surface area contributed by atoms with Gasteiger partial charge < -0.3 is 10.2 Å². The van der Waals surface area contributed by atoms with E-state index in [0.29, 0.717) is 5.82 Å². The molecule has 1 atom stereocenters. The lowest BCUT2D eigenvalue weighted by Gasteiger charge is -2.25. The normalized spacial score (nSPS) is 18.3. The van der Waals surface area contributed by atoms with Gasteiger partial charge >= 0.3 is 5.69 Å². The van der Waals surface area contributed by atoms with Crippen LogP contribution in [-0.4, -0.2) is 36.1 Å². The Bertz CT molecular complexity index is 525. The summed E-state index contributed by atoms with van der Waals surface area (Å²) in [5, 5.41) is 23.3. The van der Waals surface area contributed by atoms with Crippen LogP contribution in [0.15, 0.2) is 12.3 Å². The van der Waals surface area contributed by atoms with E-state index in [0.717, 1.165) is 25.9 Å². The van der Waals surface area contributed by atoms with Gasteiger partial charge in [-0.25, -0.2) is 4.98 Å². The van der Waals surface area contributed by atoms with Gasteiger partial charge in [0.25, 0.3) is 0 Å². The van der Waals surface area contributed by atoms with Crippen LogP contribution in [0.1, 0.15) is 18.4 Å². The van der Waals surface area contributed by atoms with Gasteiger partial charge in [-0.1, -0.05) is 0 Å². The molecule has 2 heterocycles. The molecular weight excluding hydrogens is 246 g/mol. The van der Waals surface area contributed by atoms with Crippen LogP contribution >= 0.6 is 0 Å². The quantitative estimate of drug-likeness (QED) is 0.643. The van der Waals surface area contributed by atoms with Gasteiger partial charge in [0.15, 0.2) is 0 Å². The molecule has 7 nitrogen and oxygen atoms in total. The molecule has 0 aliphatic carbocycles. The highest BCUT2D eigenvalue weighted by Gasteiger charge is 2.32. The van der Waals surface area contributed by atoms with Crippen molar-refractivity contribution in [2.45, 2.75) is 18.9 Å². The SMILES string of the molecule is CNCC1CCCN1c1nccc(C#N)c1[N+](=O)[O-]. The van der Waals surface area contributed by atoms with Crippen molar-refractivity contribution in [3.63, 3.8) is 0 Å². The first-order valence-electron chi connectivity index (χ1n) is 6.13. The molecular formula is C12H15N5O2. The Morgan fingerprint density at radius 1 is 1.74 bits per heavy atom. The van der Waals surface area contributed by atoms with Crippen LogP contribution in [0.25, 0.3) is 0 Å². The van der Waals surface area contributed by atoms with Gasteiger partial charge in [-0.15, -0.1) is 0 Å². The average Bonchev–Trinajstić information content (AvgIpc) is 2.86. The molecule has 1 saturated heterocycles. The number of anilines is 1. The van der Waals surface area contributed by atoms with Crippen LogP contribution in [0.3, 0.4) is 0 Å². The lowest BCUT2D eigenvalue weighted by atomic mass is 10.2. The summed E-state index contributed by atoms with van der Waals surface area (Å²) in [6, 6.07) is 3.43. The summed E-state index contributed by atoms with van der Waals surface area (Å²) in [6.45, 7) is 1.48. The summed E-state index contributed by atoms with van der Waals surface area (Å²) in [5.41, 5.74) is -0.127. The molecule has 100 valence electrons. The highest BCUT2D eigenvalue weighted by Crippen LogP contribution is 2.33. The van der Waals surface area contributed by atoms with E-state index in [1.165, 1.54) is 12.3 Å². The largest absolute Gasteiger partial charge is 0.347 e. The molecule has 0 radical (unpaired) electrons. The van der Waals surface area contributed by atoms with Crippen LogP contribution in [0.5, 0.6) is 0 Å². The zero-order chi connectivity index (χ0) is 13.8. The van der Waals surface area contributed by atoms with Crippen molar-refractivity contribution in [2.24, 2.45) is 0 Å². The first-order valence-corrected chi connectivity index (χ1v) is 6.13. The van der Waals surface area contributed by atoms with E-state index in [2.05, 4.69) is 10.3 Å². The van der Waals surface area contributed by atoms with E-state index in [9.17, 15) is 10.1 Å². The second kappa shape index (κ2) is 5.63. The van der Waals surface area contributed by atoms with Crippen molar-refractivity contribution in [2.75, 3.05) is 25.0 Å². The average molecular weight is 261 g/mol. The number of aromatic nitrogens is 1. The highest BCUT2D eigenvalue weighted by molar-refractivity contribution is 5.66. The monoisotopic (exact) mass is 261 g/mol. The number of nitriles is 1. The first-order chi connectivity index (χ1) is 9.19. The standard InChI is InChI=1S/C12H15N5O2/c1-14-8-10-3-2-6-16(10)12-11(17(18)19)9(7-13)4-5-15-12/h4-5,10,14H,2-3,6,8H2,1H3. The number of pyridine rings is 1. The van der Waals surface area contributed by atoms with Crippen LogP contribution in [0, 0.1) is 21.4 Å². The van der Waals surface area contributed by atoms with Crippen LogP contribution in [0.4, 0.5) is 11.5 Å². The minimum Gasteiger partial charge on any atom is -0.347 e. The lowest BCUT2D eigenvalue weighted by molar-refractivity contribution is -0.384. The minimum atomic E-state index is -0.518. The molecule has 1 aromatic rings. The van der Waals surface area contributed by atoms with Crippen molar-refractivity contribution in [1.82, 2.24) is 10.3 Å². The Balaban J connectivity index is 2.44. The second-order valence-electron chi connectivity index (χ2n) is 4.45. The summed E-state index contributed by atoms with van der Waals surface area (Å²) in [5.74, 6) is 0.307. The highest BCUT2D eigenvalue weighted by atomic mass is 16.6. The van der Waals surface area contributed by atoms with Gasteiger partial charge in [-0.3, -0.25) is 10.1 Å². The Kier molecular flexibility index (Phi) is 3.92. The van der Waals surface area contributed by atoms with E-state index in [1.54, 1.807) is 0 Å². The number of nitrogens with one attached hydrogen (secondary N) is 1. The van der Waals surface area contributed by atoms with Gasteiger partial charge in [0, 0.05) is 25.3 Å². The molecule has 0 saturated carbocycles. The zero-order valence-corrected chi connectivity index (χ0v) is 10.7. The molecule has 1 unspecified atom stereocenters. The summed E-state index contributed by atoms with van der Waals surface area (Å²) < 4.78 is 0. The number of likely N-dealkylation sites (N-methyl/N-ethyl adjacent to an activating group) is 1. The fourth-order valence-electron chi connectivity index (χ4n) is 2.49. The Labute approximate surface area is 111 Å². The van der Waals surface area contributed by atoms with Crippen molar-refractivity contribution < 1.29 is 4.92 Å². The van der Waals surface area contributed by atoms with Gasteiger partial charge in [-0.05, 0) is 26.0 Å². The number of hydrogen-bond acceptors (Lipinski definition) is 6. The molecule has 0 bridgehead atoms. The molecule has 0 spiro atoms. The fraction of sp³-hybridized carbons (Fsp3) is 0.500. The topological polar surface area (TPSA) is 95.1 Å². The van der Waals surface area contributed by atoms with Crippen molar-refractivity contribution in [1.29, 1.82) is 5.26 Å². The summed E-state index contributed by atoms with van der Waals surface area (Å²) >= 11 is 0. The maximum Gasteiger partial charge on any atom is 0.329 e. The molecule has 1 fully saturated rings. The van der Waals surface area contributed by atoms with Crippen LogP contribution in [-0.2, 0) is 0 Å². The predicted molar refractivity (Wildman–Crippen MR) is 69.9 cm³/mol. The molecule has 0 aromatic carbocycles. The molecule has 1 aliphatic heterocycles. The van der Waals surface area contributed by atoms with Gasteiger partial charge in [-0.2, -0.15) is 5.26 Å². The summed E-state index contributed by atoms with van der Waals surface area (Å²) in [4.78, 5) is 16.7. The van der Waals surface area contributed by atoms with Crippen molar-refractivity contribution in [3.05, 3.63) is 27.9 Å². The summed E-state index contributed by atoms with van der Waals surface area (Å²) in [6.07, 6.45) is 3.40. The van der Waals surface area contributed by atoms with E-state index < -0.39 is 4.92 Å². The first kappa shape index (κ1) is 13.2. The van der Waals surface area contributed by atoms with Crippen LogP contribution in [0.2, 0.25) is 0 Å². The van der Waals surface area contributed by atoms with Gasteiger partial charge in [0.05, 0.1) is 4.92 Å². The molecule has 1 N–H and O–H groups in total. The van der Waals surface area contributed by atoms with Crippen molar-refractivity contribution in [3.8, 4) is 6.07 Å². The third-order valence-electron chi connectivity index (χ3n) is 3.30. The zero-order valence-electron chi connectivity index (χ0n) is 10.7. The molecule has 7 heteroatoms. The minimum absolute atomic E-state index is 0.0603. The van der Waals surface area contributed by atoms with Crippen LogP contribution < -0.4 is 10.2 Å². The third kappa shape index (κ3) is 2.48. The van der Waals surface area contributed by atoms with E-state index in [-0.39, 0.29) is 17.3 Å². The fourth-order valence-corrected chi connectivity index (χ4v) is 2.49. The van der Waals surface area contributed by atoms with Crippen molar-refractivity contribution >= 4 is 11.5 Å². The number of nitrogens with zero attached hydrogens (tertiary/aromatic N) is 4. The Morgan fingerprint density at radius 2 is 2.53 bits per heavy atom. The lowest BCUT2D eigenvalue weighted by Crippen LogP contribution is -2.37. The van der Waals surface area contributed by atoms with Gasteiger partial charge in [0.2, 0.25) is 5.82 Å². The maximum atomic E-state index is 11.2. The number of rotatable bonds is 4. The van der Waals surface area contributed by atoms with E-state index >= 15 is 0 Å². The molecule has 19 heavy (non-hydrogen) atoms. The smallest absolute Gasteiger partial charge is 0.329 e. The van der Waals surface area contributed by atoms with E-state index in [4.69, 9.17) is 5.26 Å². The molecule has 2 rings (SSSR count). The molecule has 1 aliphatic rings. The maximum absolute atomic E-state index is 11.2.